The van der Waals surface area contributed by atoms with E-state index in [2.05, 4.69) is 23.9 Å². The SMILES string of the molecule is Cc1nc2n(c(=O)c1C)CN(CCCN(C)C)CN2c1ccc(Cl)cc1Cl. The number of hydrogen-bond acceptors (Lipinski definition) is 5. The molecule has 0 saturated carbocycles. The van der Waals surface area contributed by atoms with E-state index in [0.717, 1.165) is 30.9 Å². The lowest BCUT2D eigenvalue weighted by Crippen LogP contribution is -2.48. The maximum atomic E-state index is 12.9. The van der Waals surface area contributed by atoms with Crippen molar-refractivity contribution in [1.82, 2.24) is 19.4 Å². The van der Waals surface area contributed by atoms with Crippen LogP contribution in [0.5, 0.6) is 0 Å². The Morgan fingerprint density at radius 3 is 2.59 bits per heavy atom. The molecule has 27 heavy (non-hydrogen) atoms. The highest BCUT2D eigenvalue weighted by atomic mass is 35.5. The summed E-state index contributed by atoms with van der Waals surface area (Å²) in [5, 5.41) is 1.12. The van der Waals surface area contributed by atoms with Gasteiger partial charge in [-0.25, -0.2) is 4.98 Å². The third-order valence-electron chi connectivity index (χ3n) is 4.82. The zero-order valence-corrected chi connectivity index (χ0v) is 17.7. The summed E-state index contributed by atoms with van der Waals surface area (Å²) < 4.78 is 1.73. The maximum absolute atomic E-state index is 12.9. The van der Waals surface area contributed by atoms with Crippen LogP contribution < -0.4 is 10.5 Å². The van der Waals surface area contributed by atoms with Crippen molar-refractivity contribution < 1.29 is 0 Å². The Labute approximate surface area is 169 Å². The predicted molar refractivity (Wildman–Crippen MR) is 111 cm³/mol. The van der Waals surface area contributed by atoms with Crippen LogP contribution in [0.15, 0.2) is 23.0 Å². The molecule has 146 valence electrons. The van der Waals surface area contributed by atoms with E-state index >= 15 is 0 Å². The minimum Gasteiger partial charge on any atom is -0.309 e. The molecular weight excluding hydrogens is 385 g/mol. The molecule has 0 fully saturated rings. The van der Waals surface area contributed by atoms with E-state index in [4.69, 9.17) is 28.2 Å². The largest absolute Gasteiger partial charge is 0.309 e. The molecule has 8 heteroatoms. The molecule has 1 aromatic heterocycles. The number of rotatable bonds is 5. The van der Waals surface area contributed by atoms with Crippen LogP contribution >= 0.6 is 23.2 Å². The number of nitrogens with zero attached hydrogens (tertiary/aromatic N) is 5. The fourth-order valence-electron chi connectivity index (χ4n) is 3.22. The van der Waals surface area contributed by atoms with E-state index in [0.29, 0.717) is 34.9 Å². The van der Waals surface area contributed by atoms with Crippen molar-refractivity contribution in [3.63, 3.8) is 0 Å². The third kappa shape index (κ3) is 4.29. The van der Waals surface area contributed by atoms with Gasteiger partial charge in [0.1, 0.15) is 0 Å². The first-order valence-electron chi connectivity index (χ1n) is 8.95. The summed E-state index contributed by atoms with van der Waals surface area (Å²) in [5.41, 5.74) is 2.20. The minimum atomic E-state index is -0.00936. The Kier molecular flexibility index (Phi) is 6.11. The predicted octanol–water partition coefficient (Wildman–Crippen LogP) is 3.49. The Hall–Kier alpha value is -1.60. The summed E-state index contributed by atoms with van der Waals surface area (Å²) >= 11 is 12.5. The average molecular weight is 410 g/mol. The lowest BCUT2D eigenvalue weighted by atomic mass is 10.2. The van der Waals surface area contributed by atoms with Crippen molar-refractivity contribution in [2.45, 2.75) is 26.9 Å². The highest BCUT2D eigenvalue weighted by Crippen LogP contribution is 2.34. The highest BCUT2D eigenvalue weighted by molar-refractivity contribution is 6.36. The fraction of sp³-hybridized carbons (Fsp3) is 0.474. The van der Waals surface area contributed by atoms with Gasteiger partial charge in [-0.2, -0.15) is 0 Å². The Bertz CT molecular complexity index is 896. The summed E-state index contributed by atoms with van der Waals surface area (Å²) in [6.07, 6.45) is 1.01. The second-order valence-corrected chi connectivity index (χ2v) is 8.06. The maximum Gasteiger partial charge on any atom is 0.259 e. The molecule has 1 aliphatic heterocycles. The van der Waals surface area contributed by atoms with Crippen LogP contribution in [0.4, 0.5) is 11.6 Å². The van der Waals surface area contributed by atoms with E-state index in [-0.39, 0.29) is 5.56 Å². The van der Waals surface area contributed by atoms with Gasteiger partial charge in [0.25, 0.3) is 5.56 Å². The number of anilines is 2. The van der Waals surface area contributed by atoms with Crippen LogP contribution in [0.2, 0.25) is 10.0 Å². The van der Waals surface area contributed by atoms with Crippen molar-refractivity contribution >= 4 is 34.8 Å². The molecule has 0 aliphatic carbocycles. The van der Waals surface area contributed by atoms with Gasteiger partial charge in [-0.05, 0) is 59.1 Å². The molecular formula is C19H25Cl2N5O. The summed E-state index contributed by atoms with van der Waals surface area (Å²) in [7, 11) is 4.12. The molecule has 0 radical (unpaired) electrons. The van der Waals surface area contributed by atoms with Gasteiger partial charge in [-0.1, -0.05) is 23.2 Å². The van der Waals surface area contributed by atoms with E-state index in [1.165, 1.54) is 0 Å². The molecule has 1 aromatic carbocycles. The molecule has 2 heterocycles. The minimum absolute atomic E-state index is 0.00936. The van der Waals surface area contributed by atoms with Crippen molar-refractivity contribution in [3.05, 3.63) is 49.9 Å². The van der Waals surface area contributed by atoms with Crippen molar-refractivity contribution in [2.24, 2.45) is 0 Å². The van der Waals surface area contributed by atoms with Crippen LogP contribution in [-0.4, -0.2) is 53.2 Å². The number of aromatic nitrogens is 2. The number of halogens is 2. The number of hydrogen-bond donors (Lipinski definition) is 0. The van der Waals surface area contributed by atoms with Gasteiger partial charge in [-0.3, -0.25) is 19.2 Å². The molecule has 0 N–H and O–H groups in total. The standard InChI is InChI=1S/C19H25Cl2N5O/c1-13-14(2)22-19-25(17-7-6-15(20)10-16(17)21)11-24(9-5-8-23(3)4)12-26(19)18(13)27/h6-7,10H,5,8-9,11-12H2,1-4H3. The normalized spacial score (nSPS) is 14.7. The van der Waals surface area contributed by atoms with Gasteiger partial charge in [0, 0.05) is 22.8 Å². The first-order valence-corrected chi connectivity index (χ1v) is 9.71. The molecule has 6 nitrogen and oxygen atoms in total. The highest BCUT2D eigenvalue weighted by Gasteiger charge is 2.28. The van der Waals surface area contributed by atoms with Gasteiger partial charge in [0.15, 0.2) is 0 Å². The van der Waals surface area contributed by atoms with Crippen molar-refractivity contribution in [3.8, 4) is 0 Å². The molecule has 0 saturated heterocycles. The van der Waals surface area contributed by atoms with E-state index in [1.54, 1.807) is 16.7 Å². The molecule has 0 bridgehead atoms. The molecule has 1 aliphatic rings. The summed E-state index contributed by atoms with van der Waals surface area (Å²) in [6.45, 7) is 6.69. The molecule has 0 unspecified atom stereocenters. The smallest absolute Gasteiger partial charge is 0.259 e. The zero-order chi connectivity index (χ0) is 19.7. The van der Waals surface area contributed by atoms with Crippen LogP contribution in [-0.2, 0) is 6.67 Å². The van der Waals surface area contributed by atoms with Gasteiger partial charge >= 0.3 is 0 Å². The number of aryl methyl sites for hydroxylation is 1. The van der Waals surface area contributed by atoms with Crippen LogP contribution in [0, 0.1) is 13.8 Å². The van der Waals surface area contributed by atoms with Gasteiger partial charge in [0.2, 0.25) is 5.95 Å². The quantitative estimate of drug-likeness (QED) is 0.755. The lowest BCUT2D eigenvalue weighted by molar-refractivity contribution is 0.189. The number of benzene rings is 1. The molecule has 3 rings (SSSR count). The van der Waals surface area contributed by atoms with Crippen LogP contribution in [0.1, 0.15) is 17.7 Å². The van der Waals surface area contributed by atoms with Crippen LogP contribution in [0.25, 0.3) is 0 Å². The van der Waals surface area contributed by atoms with E-state index < -0.39 is 0 Å². The molecule has 0 amide bonds. The Morgan fingerprint density at radius 1 is 1.19 bits per heavy atom. The summed E-state index contributed by atoms with van der Waals surface area (Å²) in [6, 6.07) is 5.39. The first-order chi connectivity index (χ1) is 12.8. The zero-order valence-electron chi connectivity index (χ0n) is 16.2. The van der Waals surface area contributed by atoms with Gasteiger partial charge in [-0.15, -0.1) is 0 Å². The monoisotopic (exact) mass is 409 g/mol. The van der Waals surface area contributed by atoms with Gasteiger partial charge in [0.05, 0.1) is 24.0 Å². The van der Waals surface area contributed by atoms with Gasteiger partial charge < -0.3 is 4.90 Å². The summed E-state index contributed by atoms with van der Waals surface area (Å²) in [5.74, 6) is 0.621. The van der Waals surface area contributed by atoms with Crippen molar-refractivity contribution in [1.29, 1.82) is 0 Å². The molecule has 0 atom stereocenters. The van der Waals surface area contributed by atoms with E-state index in [9.17, 15) is 4.79 Å². The second-order valence-electron chi connectivity index (χ2n) is 7.21. The topological polar surface area (TPSA) is 44.6 Å². The van der Waals surface area contributed by atoms with Crippen LogP contribution in [0.3, 0.4) is 0 Å². The lowest BCUT2D eigenvalue weighted by Gasteiger charge is -2.38. The molecule has 2 aromatic rings. The Balaban J connectivity index is 2.02. The van der Waals surface area contributed by atoms with Crippen molar-refractivity contribution in [2.75, 3.05) is 38.8 Å². The third-order valence-corrected chi connectivity index (χ3v) is 5.36. The Morgan fingerprint density at radius 2 is 1.93 bits per heavy atom. The number of fused-ring (bicyclic) bond motifs is 1. The summed E-state index contributed by atoms with van der Waals surface area (Å²) in [4.78, 5) is 24.0. The second kappa shape index (κ2) is 8.19. The average Bonchev–Trinajstić information content (AvgIpc) is 2.60. The molecule has 0 spiro atoms. The van der Waals surface area contributed by atoms with E-state index in [1.807, 2.05) is 24.8 Å². The fourth-order valence-corrected chi connectivity index (χ4v) is 3.73. The first kappa shape index (κ1) is 20.1.